The minimum Gasteiger partial charge on any atom is -0.488 e. The Kier molecular flexibility index (Phi) is 4.05. The molecule has 1 heterocycles. The fourth-order valence-electron chi connectivity index (χ4n) is 1.65. The Morgan fingerprint density at radius 2 is 1.90 bits per heavy atom. The fraction of sp³-hybridized carbons (Fsp3) is 0.143. The van der Waals surface area contributed by atoms with Gasteiger partial charge in [0.05, 0.1) is 19.9 Å². The summed E-state index contributed by atoms with van der Waals surface area (Å²) in [5.41, 5.74) is 0.316. The fourth-order valence-corrected chi connectivity index (χ4v) is 1.65. The van der Waals surface area contributed by atoms with Crippen molar-refractivity contribution >= 4 is 17.3 Å². The number of ether oxygens (including phenoxy) is 2. The van der Waals surface area contributed by atoms with Crippen molar-refractivity contribution in [1.82, 2.24) is 0 Å². The summed E-state index contributed by atoms with van der Waals surface area (Å²) < 4.78 is 14.4. The molecule has 0 radical (unpaired) electrons. The third-order valence-corrected chi connectivity index (χ3v) is 2.55. The van der Waals surface area contributed by atoms with E-state index < -0.39 is 11.6 Å². The van der Waals surface area contributed by atoms with E-state index in [1.165, 1.54) is 20.3 Å². The molecule has 0 amide bonds. The molecule has 0 unspecified atom stereocenters. The van der Waals surface area contributed by atoms with Gasteiger partial charge < -0.3 is 19.2 Å². The highest BCUT2D eigenvalue weighted by molar-refractivity contribution is 5.88. The molecular weight excluding hydrogens is 262 g/mol. The van der Waals surface area contributed by atoms with Gasteiger partial charge in [-0.1, -0.05) is 18.2 Å². The Morgan fingerprint density at radius 3 is 2.50 bits per heavy atom. The number of carbonyl (C=O) groups is 1. The van der Waals surface area contributed by atoms with Crippen LogP contribution in [-0.2, 0) is 4.74 Å². The molecule has 104 valence electrons. The van der Waals surface area contributed by atoms with Gasteiger partial charge in [0.25, 0.3) is 0 Å². The number of hydrogen-bond donors (Lipinski definition) is 1. The van der Waals surface area contributed by atoms with Gasteiger partial charge in [-0.05, 0) is 12.1 Å². The lowest BCUT2D eigenvalue weighted by Gasteiger charge is -2.10. The van der Waals surface area contributed by atoms with Gasteiger partial charge >= 0.3 is 11.6 Å². The molecule has 1 aromatic heterocycles. The normalized spacial score (nSPS) is 9.90. The van der Waals surface area contributed by atoms with Gasteiger partial charge in [0.1, 0.15) is 0 Å². The number of benzene rings is 1. The van der Waals surface area contributed by atoms with Crippen LogP contribution in [0.15, 0.2) is 45.6 Å². The molecule has 0 saturated heterocycles. The SMILES string of the molecule is COC(=O)c1cc(Nc2ccccc2)c(OC)c(=O)o1. The van der Waals surface area contributed by atoms with Gasteiger partial charge in [0.15, 0.2) is 0 Å². The highest BCUT2D eigenvalue weighted by Crippen LogP contribution is 2.25. The summed E-state index contributed by atoms with van der Waals surface area (Å²) in [4.78, 5) is 23.2. The van der Waals surface area contributed by atoms with Gasteiger partial charge in [-0.2, -0.15) is 0 Å². The molecule has 6 nitrogen and oxygen atoms in total. The third kappa shape index (κ3) is 2.80. The maximum absolute atomic E-state index is 11.8. The van der Waals surface area contributed by atoms with E-state index in [-0.39, 0.29) is 11.5 Å². The van der Waals surface area contributed by atoms with Crippen molar-refractivity contribution in [3.05, 3.63) is 52.6 Å². The van der Waals surface area contributed by atoms with Crippen LogP contribution in [0.2, 0.25) is 0 Å². The molecule has 6 heteroatoms. The number of nitrogens with one attached hydrogen (secondary N) is 1. The van der Waals surface area contributed by atoms with Crippen molar-refractivity contribution in [3.63, 3.8) is 0 Å². The monoisotopic (exact) mass is 275 g/mol. The van der Waals surface area contributed by atoms with Crippen molar-refractivity contribution in [1.29, 1.82) is 0 Å². The summed E-state index contributed by atoms with van der Waals surface area (Å²) in [7, 11) is 2.55. The van der Waals surface area contributed by atoms with Crippen molar-refractivity contribution in [3.8, 4) is 5.75 Å². The number of hydrogen-bond acceptors (Lipinski definition) is 6. The van der Waals surface area contributed by atoms with Gasteiger partial charge in [-0.25, -0.2) is 9.59 Å². The van der Waals surface area contributed by atoms with E-state index in [4.69, 9.17) is 9.15 Å². The molecule has 2 rings (SSSR count). The first-order chi connectivity index (χ1) is 9.65. The van der Waals surface area contributed by atoms with E-state index in [0.29, 0.717) is 5.69 Å². The molecule has 0 aliphatic carbocycles. The van der Waals surface area contributed by atoms with E-state index in [1.54, 1.807) is 0 Å². The standard InChI is InChI=1S/C14H13NO5/c1-18-12-10(15-9-6-4-3-5-7-9)8-11(13(16)19-2)20-14(12)17/h3-8,15H,1-2H3. The van der Waals surface area contributed by atoms with Gasteiger partial charge in [0.2, 0.25) is 11.5 Å². The maximum atomic E-state index is 11.8. The Labute approximate surface area is 114 Å². The molecule has 0 saturated carbocycles. The van der Waals surface area contributed by atoms with Crippen LogP contribution >= 0.6 is 0 Å². The van der Waals surface area contributed by atoms with Gasteiger partial charge in [-0.15, -0.1) is 0 Å². The lowest BCUT2D eigenvalue weighted by Crippen LogP contribution is -2.12. The van der Waals surface area contributed by atoms with Crippen LogP contribution in [0.5, 0.6) is 5.75 Å². The van der Waals surface area contributed by atoms with Crippen LogP contribution in [0.3, 0.4) is 0 Å². The first-order valence-corrected chi connectivity index (χ1v) is 5.78. The van der Waals surface area contributed by atoms with Crippen molar-refractivity contribution in [2.45, 2.75) is 0 Å². The number of esters is 1. The quantitative estimate of drug-likeness (QED) is 0.862. The number of carbonyl (C=O) groups excluding carboxylic acids is 1. The van der Waals surface area contributed by atoms with Crippen molar-refractivity contribution in [2.75, 3.05) is 19.5 Å². The summed E-state index contributed by atoms with van der Waals surface area (Å²) in [6.07, 6.45) is 0. The molecule has 2 aromatic rings. The van der Waals surface area contributed by atoms with E-state index in [0.717, 1.165) is 5.69 Å². The van der Waals surface area contributed by atoms with E-state index in [1.807, 2.05) is 30.3 Å². The van der Waals surface area contributed by atoms with Crippen LogP contribution in [-0.4, -0.2) is 20.2 Å². The Morgan fingerprint density at radius 1 is 1.20 bits per heavy atom. The summed E-state index contributed by atoms with van der Waals surface area (Å²) in [6.45, 7) is 0. The van der Waals surface area contributed by atoms with Crippen LogP contribution in [0.4, 0.5) is 11.4 Å². The topological polar surface area (TPSA) is 77.8 Å². The molecule has 0 aliphatic heterocycles. The maximum Gasteiger partial charge on any atom is 0.381 e. The Hall–Kier alpha value is -2.76. The second kappa shape index (κ2) is 5.92. The largest absolute Gasteiger partial charge is 0.488 e. The molecule has 20 heavy (non-hydrogen) atoms. The van der Waals surface area contributed by atoms with Crippen LogP contribution in [0, 0.1) is 0 Å². The molecule has 0 spiro atoms. The second-order valence-electron chi connectivity index (χ2n) is 3.83. The van der Waals surface area contributed by atoms with E-state index >= 15 is 0 Å². The number of rotatable bonds is 4. The average molecular weight is 275 g/mol. The highest BCUT2D eigenvalue weighted by Gasteiger charge is 2.17. The van der Waals surface area contributed by atoms with Crippen LogP contribution < -0.4 is 15.7 Å². The first-order valence-electron chi connectivity index (χ1n) is 5.78. The van der Waals surface area contributed by atoms with Gasteiger partial charge in [-0.3, -0.25) is 0 Å². The van der Waals surface area contributed by atoms with E-state index in [9.17, 15) is 9.59 Å². The lowest BCUT2D eigenvalue weighted by molar-refractivity contribution is 0.0559. The average Bonchev–Trinajstić information content (AvgIpc) is 2.47. The highest BCUT2D eigenvalue weighted by atomic mass is 16.5. The molecule has 1 N–H and O–H groups in total. The number of methoxy groups -OCH3 is 2. The van der Waals surface area contributed by atoms with E-state index in [2.05, 4.69) is 10.1 Å². The van der Waals surface area contributed by atoms with Crippen LogP contribution in [0.25, 0.3) is 0 Å². The predicted molar refractivity (Wildman–Crippen MR) is 72.6 cm³/mol. The minimum atomic E-state index is -0.756. The molecule has 0 bridgehead atoms. The Bertz CT molecular complexity index is 663. The third-order valence-electron chi connectivity index (χ3n) is 2.55. The second-order valence-corrected chi connectivity index (χ2v) is 3.83. The molecule has 0 aliphatic rings. The predicted octanol–water partition coefficient (Wildman–Crippen LogP) is 2.18. The van der Waals surface area contributed by atoms with Crippen molar-refractivity contribution in [2.24, 2.45) is 0 Å². The molecule has 0 atom stereocenters. The number of para-hydroxylation sites is 1. The zero-order valence-corrected chi connectivity index (χ0v) is 11.0. The lowest BCUT2D eigenvalue weighted by atomic mass is 10.2. The summed E-state index contributed by atoms with van der Waals surface area (Å²) >= 11 is 0. The smallest absolute Gasteiger partial charge is 0.381 e. The summed E-state index contributed by atoms with van der Waals surface area (Å²) in [6, 6.07) is 10.5. The summed E-state index contributed by atoms with van der Waals surface area (Å²) in [5.74, 6) is -0.945. The van der Waals surface area contributed by atoms with Gasteiger partial charge in [0, 0.05) is 11.8 Å². The zero-order chi connectivity index (χ0) is 14.5. The van der Waals surface area contributed by atoms with Crippen LogP contribution in [0.1, 0.15) is 10.6 Å². The molecular formula is C14H13NO5. The zero-order valence-electron chi connectivity index (χ0n) is 11.0. The minimum absolute atomic E-state index is 0.0125. The van der Waals surface area contributed by atoms with Crippen molar-refractivity contribution < 1.29 is 18.7 Å². The molecule has 0 fully saturated rings. The Balaban J connectivity index is 2.47. The molecule has 1 aromatic carbocycles. The summed E-state index contributed by atoms with van der Waals surface area (Å²) in [5, 5.41) is 2.99. The number of anilines is 2. The first kappa shape index (κ1) is 13.7.